The Hall–Kier alpha value is -2.14. The van der Waals surface area contributed by atoms with Gasteiger partial charge in [0.2, 0.25) is 5.91 Å². The summed E-state index contributed by atoms with van der Waals surface area (Å²) in [5.74, 6) is -0.0342. The number of halogens is 1. The fourth-order valence-electron chi connectivity index (χ4n) is 2.76. The zero-order valence-electron chi connectivity index (χ0n) is 12.8. The van der Waals surface area contributed by atoms with E-state index in [1.807, 2.05) is 43.3 Å². The van der Waals surface area contributed by atoms with Crippen molar-refractivity contribution in [2.24, 2.45) is 0 Å². The summed E-state index contributed by atoms with van der Waals surface area (Å²) in [4.78, 5) is 26.0. The highest BCUT2D eigenvalue weighted by molar-refractivity contribution is 9.10. The summed E-state index contributed by atoms with van der Waals surface area (Å²) in [5, 5.41) is 2.91. The second kappa shape index (κ2) is 6.54. The lowest BCUT2D eigenvalue weighted by Gasteiger charge is -2.14. The van der Waals surface area contributed by atoms with Gasteiger partial charge in [0.15, 0.2) is 0 Å². The Labute approximate surface area is 143 Å². The van der Waals surface area contributed by atoms with Gasteiger partial charge in [-0.25, -0.2) is 0 Å². The first-order chi connectivity index (χ1) is 11.1. The Morgan fingerprint density at radius 1 is 1.22 bits per heavy atom. The highest BCUT2D eigenvalue weighted by Gasteiger charge is 2.26. The Bertz CT molecular complexity index is 756. The van der Waals surface area contributed by atoms with Crippen LogP contribution in [0.5, 0.6) is 0 Å². The maximum absolute atomic E-state index is 12.3. The summed E-state index contributed by atoms with van der Waals surface area (Å²) < 4.78 is 1.01. The van der Waals surface area contributed by atoms with E-state index < -0.39 is 0 Å². The maximum Gasteiger partial charge on any atom is 0.251 e. The summed E-state index contributed by atoms with van der Waals surface area (Å²) in [6.45, 7) is 3.08. The zero-order valence-corrected chi connectivity index (χ0v) is 14.4. The molecule has 1 N–H and O–H groups in total. The minimum absolute atomic E-state index is 0.0925. The summed E-state index contributed by atoms with van der Waals surface area (Å²) in [7, 11) is 0. The van der Waals surface area contributed by atoms with Gasteiger partial charge in [0, 0.05) is 28.8 Å². The van der Waals surface area contributed by atoms with Gasteiger partial charge in [-0.3, -0.25) is 9.59 Å². The standard InChI is InChI=1S/C18H17BrN2O2/c1-2-21-16-8-5-13(9-14(16)10-17(21)22)18(23)20-11-12-3-6-15(19)7-4-12/h3-9H,2,10-11H2,1H3,(H,20,23). The first-order valence-corrected chi connectivity index (χ1v) is 8.33. The van der Waals surface area contributed by atoms with E-state index in [9.17, 15) is 9.59 Å². The molecule has 2 aromatic rings. The SMILES string of the molecule is CCN1C(=O)Cc2cc(C(=O)NCc3ccc(Br)cc3)ccc21. The highest BCUT2D eigenvalue weighted by Crippen LogP contribution is 2.29. The van der Waals surface area contributed by atoms with Crippen molar-refractivity contribution < 1.29 is 9.59 Å². The monoisotopic (exact) mass is 372 g/mol. The number of nitrogens with zero attached hydrogens (tertiary/aromatic N) is 1. The largest absolute Gasteiger partial charge is 0.348 e. The van der Waals surface area contributed by atoms with Crippen LogP contribution in [0.3, 0.4) is 0 Å². The minimum atomic E-state index is -0.127. The molecule has 4 nitrogen and oxygen atoms in total. The maximum atomic E-state index is 12.3. The average Bonchev–Trinajstić information content (AvgIpc) is 2.88. The van der Waals surface area contributed by atoms with E-state index >= 15 is 0 Å². The van der Waals surface area contributed by atoms with E-state index in [4.69, 9.17) is 0 Å². The summed E-state index contributed by atoms with van der Waals surface area (Å²) in [5.41, 5.74) is 3.47. The third-order valence-corrected chi connectivity index (χ3v) is 4.49. The Balaban J connectivity index is 1.70. The number of hydrogen-bond donors (Lipinski definition) is 1. The molecule has 0 atom stereocenters. The molecule has 0 aromatic heterocycles. The predicted molar refractivity (Wildman–Crippen MR) is 93.5 cm³/mol. The van der Waals surface area contributed by atoms with Crippen molar-refractivity contribution in [3.05, 3.63) is 63.6 Å². The van der Waals surface area contributed by atoms with E-state index in [0.717, 1.165) is 21.3 Å². The highest BCUT2D eigenvalue weighted by atomic mass is 79.9. The Morgan fingerprint density at radius 3 is 2.65 bits per heavy atom. The molecule has 23 heavy (non-hydrogen) atoms. The van der Waals surface area contributed by atoms with E-state index in [0.29, 0.717) is 25.1 Å². The van der Waals surface area contributed by atoms with Gasteiger partial charge < -0.3 is 10.2 Å². The number of nitrogens with one attached hydrogen (secondary N) is 1. The third kappa shape index (κ3) is 3.29. The number of carbonyl (C=O) groups is 2. The number of carbonyl (C=O) groups excluding carboxylic acids is 2. The van der Waals surface area contributed by atoms with E-state index in [2.05, 4.69) is 21.2 Å². The molecule has 2 amide bonds. The zero-order chi connectivity index (χ0) is 16.4. The number of rotatable bonds is 4. The van der Waals surface area contributed by atoms with Crippen molar-refractivity contribution >= 4 is 33.4 Å². The van der Waals surface area contributed by atoms with E-state index in [1.165, 1.54) is 0 Å². The molecule has 0 saturated carbocycles. The van der Waals surface area contributed by atoms with Crippen molar-refractivity contribution in [1.29, 1.82) is 0 Å². The van der Waals surface area contributed by atoms with Crippen molar-refractivity contribution in [1.82, 2.24) is 5.32 Å². The van der Waals surface area contributed by atoms with Gasteiger partial charge in [-0.15, -0.1) is 0 Å². The van der Waals surface area contributed by atoms with Gasteiger partial charge in [0.05, 0.1) is 6.42 Å². The molecule has 0 radical (unpaired) electrons. The molecule has 1 heterocycles. The first-order valence-electron chi connectivity index (χ1n) is 7.54. The molecule has 0 bridgehead atoms. The van der Waals surface area contributed by atoms with Gasteiger partial charge in [0.25, 0.3) is 5.91 Å². The van der Waals surface area contributed by atoms with E-state index in [1.54, 1.807) is 11.0 Å². The molecule has 2 aromatic carbocycles. The van der Waals surface area contributed by atoms with Crippen molar-refractivity contribution in [2.45, 2.75) is 19.9 Å². The van der Waals surface area contributed by atoms with Gasteiger partial charge in [-0.1, -0.05) is 28.1 Å². The molecular formula is C18H17BrN2O2. The molecule has 5 heteroatoms. The lowest BCUT2D eigenvalue weighted by Crippen LogP contribution is -2.25. The lowest BCUT2D eigenvalue weighted by atomic mass is 10.1. The average molecular weight is 373 g/mol. The smallest absolute Gasteiger partial charge is 0.251 e. The van der Waals surface area contributed by atoms with Crippen molar-refractivity contribution in [3.8, 4) is 0 Å². The molecule has 0 unspecified atom stereocenters. The van der Waals surface area contributed by atoms with Crippen LogP contribution in [0.2, 0.25) is 0 Å². The quantitative estimate of drug-likeness (QED) is 0.894. The first kappa shape index (κ1) is 15.7. The summed E-state index contributed by atoms with van der Waals surface area (Å²) in [6.07, 6.45) is 0.372. The van der Waals surface area contributed by atoms with Gasteiger partial charge in [0.1, 0.15) is 0 Å². The molecule has 0 fully saturated rings. The van der Waals surface area contributed by atoms with E-state index in [-0.39, 0.29) is 11.8 Å². The van der Waals surface area contributed by atoms with Crippen molar-refractivity contribution in [2.75, 3.05) is 11.4 Å². The third-order valence-electron chi connectivity index (χ3n) is 3.96. The molecule has 0 saturated heterocycles. The van der Waals surface area contributed by atoms with Gasteiger partial charge in [-0.2, -0.15) is 0 Å². The molecule has 1 aliphatic heterocycles. The molecule has 0 spiro atoms. The van der Waals surface area contributed by atoms with Crippen LogP contribution in [-0.2, 0) is 17.8 Å². The molecule has 118 valence electrons. The van der Waals surface area contributed by atoms with Gasteiger partial charge in [-0.05, 0) is 48.4 Å². The normalized spacial score (nSPS) is 13.1. The van der Waals surface area contributed by atoms with Crippen LogP contribution in [0.1, 0.15) is 28.4 Å². The molecule has 0 aliphatic carbocycles. The van der Waals surface area contributed by atoms with Crippen LogP contribution in [0, 0.1) is 0 Å². The fourth-order valence-corrected chi connectivity index (χ4v) is 3.02. The Kier molecular flexibility index (Phi) is 4.48. The number of fused-ring (bicyclic) bond motifs is 1. The number of hydrogen-bond acceptors (Lipinski definition) is 2. The molecular weight excluding hydrogens is 356 g/mol. The summed E-state index contributed by atoms with van der Waals surface area (Å²) >= 11 is 3.39. The Morgan fingerprint density at radius 2 is 1.96 bits per heavy atom. The van der Waals surface area contributed by atoms with Crippen LogP contribution >= 0.6 is 15.9 Å². The number of benzene rings is 2. The predicted octanol–water partition coefficient (Wildman–Crippen LogP) is 3.29. The van der Waals surface area contributed by atoms with Crippen LogP contribution in [0.4, 0.5) is 5.69 Å². The van der Waals surface area contributed by atoms with Crippen LogP contribution in [0.25, 0.3) is 0 Å². The van der Waals surface area contributed by atoms with Crippen LogP contribution < -0.4 is 10.2 Å². The number of anilines is 1. The van der Waals surface area contributed by atoms with Gasteiger partial charge >= 0.3 is 0 Å². The molecule has 3 rings (SSSR count). The van der Waals surface area contributed by atoms with Crippen molar-refractivity contribution in [3.63, 3.8) is 0 Å². The summed E-state index contributed by atoms with van der Waals surface area (Å²) in [6, 6.07) is 13.3. The topological polar surface area (TPSA) is 49.4 Å². The minimum Gasteiger partial charge on any atom is -0.348 e. The number of amides is 2. The fraction of sp³-hybridized carbons (Fsp3) is 0.222. The number of likely N-dealkylation sites (N-methyl/N-ethyl adjacent to an activating group) is 1. The molecule has 1 aliphatic rings. The second-order valence-electron chi connectivity index (χ2n) is 5.47. The van der Waals surface area contributed by atoms with Crippen LogP contribution in [0.15, 0.2) is 46.9 Å². The van der Waals surface area contributed by atoms with Crippen LogP contribution in [-0.4, -0.2) is 18.4 Å². The lowest BCUT2D eigenvalue weighted by molar-refractivity contribution is -0.117. The second-order valence-corrected chi connectivity index (χ2v) is 6.38.